The van der Waals surface area contributed by atoms with Gasteiger partial charge in [0.15, 0.2) is 5.96 Å². The molecule has 0 saturated carbocycles. The van der Waals surface area contributed by atoms with E-state index >= 15 is 0 Å². The molecule has 1 N–H and O–H groups in total. The lowest BCUT2D eigenvalue weighted by Gasteiger charge is -2.35. The Hall–Kier alpha value is -2.46. The van der Waals surface area contributed by atoms with Crippen molar-refractivity contribution in [3.63, 3.8) is 0 Å². The third-order valence-electron chi connectivity index (χ3n) is 4.33. The highest BCUT2D eigenvalue weighted by Gasteiger charge is 2.28. The fourth-order valence-corrected chi connectivity index (χ4v) is 4.31. The Morgan fingerprint density at radius 2 is 1.93 bits per heavy atom. The van der Waals surface area contributed by atoms with Crippen molar-refractivity contribution in [2.75, 3.05) is 33.2 Å². The molecule has 0 bridgehead atoms. The molecule has 1 saturated heterocycles. The molecule has 1 aromatic carbocycles. The van der Waals surface area contributed by atoms with E-state index in [9.17, 15) is 12.8 Å². The number of aromatic nitrogens is 1. The molecule has 0 amide bonds. The summed E-state index contributed by atoms with van der Waals surface area (Å²) in [6, 6.07) is 7.81. The summed E-state index contributed by atoms with van der Waals surface area (Å²) in [4.78, 5) is 6.26. The number of sulfonamides is 1. The average Bonchev–Trinajstić information content (AvgIpc) is 3.16. The van der Waals surface area contributed by atoms with Crippen molar-refractivity contribution in [3.05, 3.63) is 53.7 Å². The van der Waals surface area contributed by atoms with E-state index in [0.29, 0.717) is 44.4 Å². The largest absolute Gasteiger partial charge is 0.364 e. The fourth-order valence-electron chi connectivity index (χ4n) is 2.88. The number of benzene rings is 1. The number of halogens is 1. The van der Waals surface area contributed by atoms with Crippen molar-refractivity contribution in [3.8, 4) is 0 Å². The first-order valence-corrected chi connectivity index (χ1v) is 10.2. The van der Waals surface area contributed by atoms with Gasteiger partial charge in [0.1, 0.15) is 17.8 Å². The fraction of sp³-hybridized carbons (Fsp3) is 0.412. The summed E-state index contributed by atoms with van der Waals surface area (Å²) >= 11 is 0. The number of nitrogens with zero attached hydrogens (tertiary/aromatic N) is 4. The lowest BCUT2D eigenvalue weighted by atomic mass is 10.2. The highest BCUT2D eigenvalue weighted by atomic mass is 32.2. The van der Waals surface area contributed by atoms with Crippen LogP contribution in [-0.2, 0) is 22.3 Å². The van der Waals surface area contributed by atoms with Gasteiger partial charge < -0.3 is 14.7 Å². The molecule has 1 aliphatic heterocycles. The van der Waals surface area contributed by atoms with E-state index in [1.54, 1.807) is 25.2 Å². The molecule has 10 heteroatoms. The van der Waals surface area contributed by atoms with Gasteiger partial charge in [-0.1, -0.05) is 17.3 Å². The second-order valence-electron chi connectivity index (χ2n) is 6.16. The van der Waals surface area contributed by atoms with Gasteiger partial charge in [-0.25, -0.2) is 12.8 Å². The van der Waals surface area contributed by atoms with E-state index in [4.69, 9.17) is 4.52 Å². The van der Waals surface area contributed by atoms with Crippen molar-refractivity contribution in [1.29, 1.82) is 0 Å². The maximum atomic E-state index is 13.0. The molecule has 3 rings (SSSR count). The van der Waals surface area contributed by atoms with E-state index in [-0.39, 0.29) is 11.6 Å². The predicted molar refractivity (Wildman–Crippen MR) is 98.9 cm³/mol. The topological polar surface area (TPSA) is 91.0 Å². The number of nitrogens with one attached hydrogen (secondary N) is 1. The van der Waals surface area contributed by atoms with Crippen LogP contribution in [0.15, 0.2) is 46.1 Å². The van der Waals surface area contributed by atoms with Crippen molar-refractivity contribution in [1.82, 2.24) is 19.7 Å². The molecular weight excluding hydrogens is 373 g/mol. The molecule has 0 spiro atoms. The van der Waals surface area contributed by atoms with Crippen LogP contribution in [0.1, 0.15) is 11.3 Å². The SMILES string of the molecule is CN=C(NCc1ccc(F)cc1)N1CCN(S(=O)(=O)Cc2ccon2)CC1. The smallest absolute Gasteiger partial charge is 0.220 e. The first-order valence-electron chi connectivity index (χ1n) is 8.55. The van der Waals surface area contributed by atoms with Crippen LogP contribution in [-0.4, -0.2) is 62.0 Å². The maximum absolute atomic E-state index is 13.0. The highest BCUT2D eigenvalue weighted by molar-refractivity contribution is 7.88. The Morgan fingerprint density at radius 3 is 2.52 bits per heavy atom. The number of aliphatic imine (C=N–C) groups is 1. The van der Waals surface area contributed by atoms with Crippen molar-refractivity contribution in [2.45, 2.75) is 12.3 Å². The summed E-state index contributed by atoms with van der Waals surface area (Å²) in [6.45, 7) is 2.31. The van der Waals surface area contributed by atoms with E-state index in [0.717, 1.165) is 5.56 Å². The molecule has 0 unspecified atom stereocenters. The van der Waals surface area contributed by atoms with Crippen LogP contribution in [0.4, 0.5) is 4.39 Å². The lowest BCUT2D eigenvalue weighted by Crippen LogP contribution is -2.53. The van der Waals surface area contributed by atoms with E-state index in [2.05, 4.69) is 15.5 Å². The zero-order valence-electron chi connectivity index (χ0n) is 15.0. The predicted octanol–water partition coefficient (Wildman–Crippen LogP) is 1.04. The molecule has 2 heterocycles. The Labute approximate surface area is 157 Å². The van der Waals surface area contributed by atoms with Crippen LogP contribution < -0.4 is 5.32 Å². The van der Waals surface area contributed by atoms with Crippen molar-refractivity contribution < 1.29 is 17.3 Å². The number of guanidine groups is 1. The average molecular weight is 395 g/mol. The van der Waals surface area contributed by atoms with Crippen LogP contribution in [0, 0.1) is 5.82 Å². The summed E-state index contributed by atoms with van der Waals surface area (Å²) in [6.07, 6.45) is 1.36. The summed E-state index contributed by atoms with van der Waals surface area (Å²) in [5.74, 6) is 0.250. The Morgan fingerprint density at radius 1 is 1.22 bits per heavy atom. The van der Waals surface area contributed by atoms with Gasteiger partial charge in [0.05, 0.1) is 5.69 Å². The van der Waals surface area contributed by atoms with Crippen molar-refractivity contribution >= 4 is 16.0 Å². The third-order valence-corrected chi connectivity index (χ3v) is 6.14. The monoisotopic (exact) mass is 395 g/mol. The van der Waals surface area contributed by atoms with Gasteiger partial charge in [-0.3, -0.25) is 4.99 Å². The molecule has 1 aromatic heterocycles. The first kappa shape index (κ1) is 19.3. The maximum Gasteiger partial charge on any atom is 0.220 e. The molecule has 8 nitrogen and oxygen atoms in total. The van der Waals surface area contributed by atoms with Gasteiger partial charge >= 0.3 is 0 Å². The summed E-state index contributed by atoms with van der Waals surface area (Å²) in [5, 5.41) is 6.90. The lowest BCUT2D eigenvalue weighted by molar-refractivity contribution is 0.259. The molecule has 2 aromatic rings. The summed E-state index contributed by atoms with van der Waals surface area (Å²) in [7, 11) is -1.75. The molecule has 1 aliphatic rings. The minimum atomic E-state index is -3.43. The van der Waals surface area contributed by atoms with Gasteiger partial charge in [0.25, 0.3) is 0 Å². The molecule has 146 valence electrons. The summed E-state index contributed by atoms with van der Waals surface area (Å²) < 4.78 is 44.1. The normalized spacial score (nSPS) is 16.5. The quantitative estimate of drug-likeness (QED) is 0.601. The zero-order valence-corrected chi connectivity index (χ0v) is 15.8. The van der Waals surface area contributed by atoms with Gasteiger partial charge in [0.2, 0.25) is 10.0 Å². The second kappa shape index (κ2) is 8.49. The number of hydrogen-bond acceptors (Lipinski definition) is 5. The molecule has 0 radical (unpaired) electrons. The summed E-state index contributed by atoms with van der Waals surface area (Å²) in [5.41, 5.74) is 1.33. The van der Waals surface area contributed by atoms with E-state index in [1.807, 2.05) is 4.90 Å². The Bertz CT molecular complexity index is 860. The van der Waals surface area contributed by atoms with E-state index in [1.165, 1.54) is 22.7 Å². The molecule has 0 aliphatic carbocycles. The highest BCUT2D eigenvalue weighted by Crippen LogP contribution is 2.13. The minimum Gasteiger partial charge on any atom is -0.364 e. The van der Waals surface area contributed by atoms with Crippen LogP contribution in [0.3, 0.4) is 0 Å². The molecule has 0 atom stereocenters. The zero-order chi connectivity index (χ0) is 19.3. The van der Waals surface area contributed by atoms with Gasteiger partial charge in [-0.05, 0) is 17.7 Å². The third kappa shape index (κ3) is 5.04. The van der Waals surface area contributed by atoms with E-state index < -0.39 is 10.0 Å². The number of rotatable bonds is 5. The second-order valence-corrected chi connectivity index (χ2v) is 8.13. The first-order chi connectivity index (χ1) is 13.0. The van der Waals surface area contributed by atoms with Gasteiger partial charge in [-0.2, -0.15) is 4.31 Å². The van der Waals surface area contributed by atoms with Crippen LogP contribution in [0.5, 0.6) is 0 Å². The molecule has 1 fully saturated rings. The van der Waals surface area contributed by atoms with Crippen LogP contribution >= 0.6 is 0 Å². The Kier molecular flexibility index (Phi) is 6.07. The molecule has 27 heavy (non-hydrogen) atoms. The molecular formula is C17H22FN5O3S. The van der Waals surface area contributed by atoms with Gasteiger partial charge in [-0.15, -0.1) is 0 Å². The van der Waals surface area contributed by atoms with Crippen LogP contribution in [0.25, 0.3) is 0 Å². The Balaban J connectivity index is 1.53. The van der Waals surface area contributed by atoms with Crippen LogP contribution in [0.2, 0.25) is 0 Å². The standard InChI is InChI=1S/C17H22FN5O3S/c1-19-17(20-12-14-2-4-15(18)5-3-14)22-7-9-23(10-8-22)27(24,25)13-16-6-11-26-21-16/h2-6,11H,7-10,12-13H2,1H3,(H,19,20). The number of hydrogen-bond donors (Lipinski definition) is 1. The minimum absolute atomic E-state index is 0.166. The van der Waals surface area contributed by atoms with Crippen molar-refractivity contribution in [2.24, 2.45) is 4.99 Å². The van der Waals surface area contributed by atoms with Gasteiger partial charge in [0, 0.05) is 45.8 Å². The number of piperazine rings is 1.